The molecule has 1 aliphatic carbocycles. The van der Waals surface area contributed by atoms with Gasteiger partial charge in [-0.3, -0.25) is 0 Å². The molecule has 3 rings (SSSR count). The summed E-state index contributed by atoms with van der Waals surface area (Å²) in [6.07, 6.45) is 3.95. The van der Waals surface area contributed by atoms with Crippen LogP contribution < -0.4 is 10.6 Å². The monoisotopic (exact) mass is 274 g/mol. The van der Waals surface area contributed by atoms with Crippen molar-refractivity contribution in [3.8, 4) is 0 Å². The summed E-state index contributed by atoms with van der Waals surface area (Å²) in [5.74, 6) is 0. The number of ether oxygens (including phenoxy) is 1. The zero-order chi connectivity index (χ0) is 14.0. The third-order valence-corrected chi connectivity index (χ3v) is 4.31. The number of rotatable bonds is 3. The van der Waals surface area contributed by atoms with Crippen LogP contribution in [0.3, 0.4) is 0 Å². The van der Waals surface area contributed by atoms with E-state index in [1.54, 1.807) is 0 Å². The molecule has 1 heterocycles. The van der Waals surface area contributed by atoms with E-state index in [4.69, 9.17) is 4.74 Å². The fourth-order valence-corrected chi connectivity index (χ4v) is 3.14. The minimum atomic E-state index is -0.185. The molecule has 0 bridgehead atoms. The van der Waals surface area contributed by atoms with Crippen molar-refractivity contribution in [2.45, 2.75) is 44.2 Å². The van der Waals surface area contributed by atoms with Crippen LogP contribution in [-0.4, -0.2) is 30.8 Å². The van der Waals surface area contributed by atoms with Crippen LogP contribution in [0, 0.1) is 0 Å². The molecule has 1 fully saturated rings. The Morgan fingerprint density at radius 3 is 2.65 bits per heavy atom. The Labute approximate surface area is 119 Å². The molecule has 2 amide bonds. The minimum absolute atomic E-state index is 0.0838. The van der Waals surface area contributed by atoms with Crippen LogP contribution >= 0.6 is 0 Å². The molecule has 0 saturated carbocycles. The average Bonchev–Trinajstić information content (AvgIpc) is 3.03. The number of carbonyl (C=O) groups is 1. The third kappa shape index (κ3) is 2.96. The van der Waals surface area contributed by atoms with E-state index in [9.17, 15) is 4.79 Å². The van der Waals surface area contributed by atoms with Gasteiger partial charge in [0.1, 0.15) is 0 Å². The number of hydrogen-bond donors (Lipinski definition) is 2. The van der Waals surface area contributed by atoms with Gasteiger partial charge in [0.25, 0.3) is 0 Å². The highest BCUT2D eigenvalue weighted by atomic mass is 16.5. The summed E-state index contributed by atoms with van der Waals surface area (Å²) < 4.78 is 5.67. The Kier molecular flexibility index (Phi) is 3.66. The fourth-order valence-electron chi connectivity index (χ4n) is 3.14. The lowest BCUT2D eigenvalue weighted by Crippen LogP contribution is -2.47. The topological polar surface area (TPSA) is 50.4 Å². The van der Waals surface area contributed by atoms with Gasteiger partial charge in [-0.05, 0) is 43.7 Å². The summed E-state index contributed by atoms with van der Waals surface area (Å²) >= 11 is 0. The van der Waals surface area contributed by atoms with Crippen molar-refractivity contribution in [1.82, 2.24) is 10.6 Å². The normalized spacial score (nSPS) is 25.4. The second-order valence-corrected chi connectivity index (χ2v) is 6.10. The molecule has 1 aromatic rings. The second kappa shape index (κ2) is 5.44. The molecule has 1 aromatic carbocycles. The van der Waals surface area contributed by atoms with Crippen molar-refractivity contribution in [2.75, 3.05) is 13.2 Å². The predicted octanol–water partition coefficient (Wildman–Crippen LogP) is 2.02. The minimum Gasteiger partial charge on any atom is -0.373 e. The highest BCUT2D eigenvalue weighted by Crippen LogP contribution is 2.24. The summed E-state index contributed by atoms with van der Waals surface area (Å²) in [4.78, 5) is 12.0. The van der Waals surface area contributed by atoms with Crippen molar-refractivity contribution >= 4 is 6.03 Å². The van der Waals surface area contributed by atoms with E-state index in [-0.39, 0.29) is 17.7 Å². The van der Waals surface area contributed by atoms with Gasteiger partial charge in [0.15, 0.2) is 0 Å². The van der Waals surface area contributed by atoms with E-state index < -0.39 is 0 Å². The summed E-state index contributed by atoms with van der Waals surface area (Å²) in [7, 11) is 0. The van der Waals surface area contributed by atoms with Gasteiger partial charge in [-0.25, -0.2) is 4.79 Å². The van der Waals surface area contributed by atoms with Crippen LogP contribution in [-0.2, 0) is 17.6 Å². The number of urea groups is 1. The lowest BCUT2D eigenvalue weighted by atomic mass is 10.0. The Morgan fingerprint density at radius 1 is 1.35 bits per heavy atom. The van der Waals surface area contributed by atoms with E-state index >= 15 is 0 Å². The number of hydrogen-bond acceptors (Lipinski definition) is 2. The van der Waals surface area contributed by atoms with Crippen LogP contribution in [0.1, 0.15) is 30.9 Å². The molecule has 1 unspecified atom stereocenters. The standard InChI is InChI=1S/C16H22N2O2/c1-16(7-4-8-20-16)11-17-15(19)18-14-9-12-5-2-3-6-13(12)10-14/h2-3,5-6,14H,4,7-11H2,1H3,(H2,17,18,19). The Bertz CT molecular complexity index is 470. The molecule has 2 N–H and O–H groups in total. The van der Waals surface area contributed by atoms with Gasteiger partial charge in [0.2, 0.25) is 0 Å². The molecule has 20 heavy (non-hydrogen) atoms. The molecule has 108 valence electrons. The number of benzene rings is 1. The van der Waals surface area contributed by atoms with E-state index in [1.165, 1.54) is 11.1 Å². The van der Waals surface area contributed by atoms with Crippen molar-refractivity contribution in [2.24, 2.45) is 0 Å². The molecule has 0 radical (unpaired) electrons. The fraction of sp³-hybridized carbons (Fsp3) is 0.562. The van der Waals surface area contributed by atoms with Gasteiger partial charge < -0.3 is 15.4 Å². The SMILES string of the molecule is CC1(CNC(=O)NC2Cc3ccccc3C2)CCCO1. The van der Waals surface area contributed by atoms with Gasteiger partial charge >= 0.3 is 6.03 Å². The maximum absolute atomic E-state index is 12.0. The Balaban J connectivity index is 1.46. The van der Waals surface area contributed by atoms with Crippen molar-refractivity contribution in [3.63, 3.8) is 0 Å². The molecule has 4 heteroatoms. The van der Waals surface area contributed by atoms with Gasteiger partial charge in [0.05, 0.1) is 5.60 Å². The molecular formula is C16H22N2O2. The molecule has 1 atom stereocenters. The summed E-state index contributed by atoms with van der Waals surface area (Å²) in [6.45, 7) is 3.45. The van der Waals surface area contributed by atoms with Gasteiger partial charge in [-0.2, -0.15) is 0 Å². The van der Waals surface area contributed by atoms with Gasteiger partial charge in [-0.15, -0.1) is 0 Å². The Morgan fingerprint density at radius 2 is 2.05 bits per heavy atom. The largest absolute Gasteiger partial charge is 0.373 e. The van der Waals surface area contributed by atoms with Crippen LogP contribution in [0.25, 0.3) is 0 Å². The predicted molar refractivity (Wildman–Crippen MR) is 77.8 cm³/mol. The number of nitrogens with one attached hydrogen (secondary N) is 2. The smallest absolute Gasteiger partial charge is 0.315 e. The highest BCUT2D eigenvalue weighted by Gasteiger charge is 2.30. The van der Waals surface area contributed by atoms with Crippen LogP contribution in [0.5, 0.6) is 0 Å². The summed E-state index contributed by atoms with van der Waals surface area (Å²) in [5, 5.41) is 6.01. The Hall–Kier alpha value is -1.55. The molecular weight excluding hydrogens is 252 g/mol. The van der Waals surface area contributed by atoms with E-state index in [1.807, 2.05) is 0 Å². The summed E-state index contributed by atoms with van der Waals surface area (Å²) in [5.41, 5.74) is 2.52. The first kappa shape index (κ1) is 13.4. The molecule has 1 aliphatic heterocycles. The van der Waals surface area contributed by atoms with Crippen LogP contribution in [0.2, 0.25) is 0 Å². The number of carbonyl (C=O) groups excluding carboxylic acids is 1. The third-order valence-electron chi connectivity index (χ3n) is 4.31. The highest BCUT2D eigenvalue weighted by molar-refractivity contribution is 5.74. The zero-order valence-electron chi connectivity index (χ0n) is 11.9. The zero-order valence-corrected chi connectivity index (χ0v) is 11.9. The van der Waals surface area contributed by atoms with Crippen LogP contribution in [0.4, 0.5) is 4.79 Å². The molecule has 0 spiro atoms. The molecule has 1 saturated heterocycles. The van der Waals surface area contributed by atoms with Crippen molar-refractivity contribution in [3.05, 3.63) is 35.4 Å². The van der Waals surface area contributed by atoms with E-state index in [2.05, 4.69) is 41.8 Å². The van der Waals surface area contributed by atoms with Crippen molar-refractivity contribution < 1.29 is 9.53 Å². The first-order valence-corrected chi connectivity index (χ1v) is 7.40. The van der Waals surface area contributed by atoms with E-state index in [0.29, 0.717) is 6.54 Å². The first-order chi connectivity index (χ1) is 9.65. The lowest BCUT2D eigenvalue weighted by Gasteiger charge is -2.24. The maximum atomic E-state index is 12.0. The van der Waals surface area contributed by atoms with Gasteiger partial charge in [0, 0.05) is 19.2 Å². The first-order valence-electron chi connectivity index (χ1n) is 7.40. The number of fused-ring (bicyclic) bond motifs is 1. The quantitative estimate of drug-likeness (QED) is 0.886. The summed E-state index contributed by atoms with van der Waals surface area (Å²) in [6, 6.07) is 8.52. The average molecular weight is 274 g/mol. The van der Waals surface area contributed by atoms with Crippen LogP contribution in [0.15, 0.2) is 24.3 Å². The van der Waals surface area contributed by atoms with Crippen molar-refractivity contribution in [1.29, 1.82) is 0 Å². The molecule has 0 aromatic heterocycles. The number of amides is 2. The molecule has 2 aliphatic rings. The maximum Gasteiger partial charge on any atom is 0.315 e. The van der Waals surface area contributed by atoms with E-state index in [0.717, 1.165) is 32.3 Å². The van der Waals surface area contributed by atoms with Gasteiger partial charge in [-0.1, -0.05) is 24.3 Å². The second-order valence-electron chi connectivity index (χ2n) is 6.10. The molecule has 4 nitrogen and oxygen atoms in total. The lowest BCUT2D eigenvalue weighted by molar-refractivity contribution is 0.0228.